The van der Waals surface area contributed by atoms with E-state index in [1.54, 1.807) is 6.07 Å². The zero-order chi connectivity index (χ0) is 37.6. The minimum atomic E-state index is 0.475. The second kappa shape index (κ2) is 13.4. The molecule has 0 radical (unpaired) electrons. The maximum atomic E-state index is 10.2. The molecule has 9 aromatic rings. The third-order valence-corrected chi connectivity index (χ3v) is 9.31. The Morgan fingerprint density at radius 1 is 0.418 bits per heavy atom. The van der Waals surface area contributed by atoms with Crippen molar-refractivity contribution < 1.29 is 0 Å². The zero-order valence-electron chi connectivity index (χ0n) is 30.4. The van der Waals surface area contributed by atoms with Gasteiger partial charge in [-0.2, -0.15) is 5.26 Å². The number of fused-ring (bicyclic) bond motifs is 3. The van der Waals surface area contributed by atoms with E-state index in [4.69, 9.17) is 15.0 Å². The van der Waals surface area contributed by atoms with Crippen molar-refractivity contribution in [3.63, 3.8) is 0 Å². The van der Waals surface area contributed by atoms with Crippen LogP contribution in [0.25, 0.3) is 84.4 Å². The molecule has 0 aliphatic rings. The van der Waals surface area contributed by atoms with Gasteiger partial charge in [0.25, 0.3) is 0 Å². The van der Waals surface area contributed by atoms with E-state index in [2.05, 4.69) is 64.8 Å². The molecule has 0 fully saturated rings. The van der Waals surface area contributed by atoms with Gasteiger partial charge in [-0.15, -0.1) is 0 Å². The summed E-state index contributed by atoms with van der Waals surface area (Å²) in [5, 5.41) is 12.1. The minimum Gasteiger partial charge on any atom is -0.308 e. The van der Waals surface area contributed by atoms with Crippen LogP contribution in [0.3, 0.4) is 0 Å². The lowest BCUT2D eigenvalue weighted by Gasteiger charge is -2.15. The Hall–Kier alpha value is -7.58. The fraction of sp³-hybridized carbons (Fsp3) is 0.0909. The lowest BCUT2D eigenvalue weighted by atomic mass is 10.1. The second-order valence-corrected chi connectivity index (χ2v) is 13.2. The highest BCUT2D eigenvalue weighted by atomic mass is 15.1. The molecule has 0 saturated heterocycles. The summed E-state index contributed by atoms with van der Waals surface area (Å²) in [6.45, 7) is 7.46. The molecule has 9 rings (SSSR count). The van der Waals surface area contributed by atoms with Crippen LogP contribution in [-0.4, -0.2) is 49.4 Å². The Morgan fingerprint density at radius 2 is 0.855 bits per heavy atom. The van der Waals surface area contributed by atoms with Crippen LogP contribution >= 0.6 is 0 Å². The molecular weight excluding hydrogens is 683 g/mol. The van der Waals surface area contributed by atoms with E-state index in [-0.39, 0.29) is 0 Å². The van der Waals surface area contributed by atoms with Crippen molar-refractivity contribution in [1.82, 2.24) is 49.4 Å². The highest BCUT2D eigenvalue weighted by molar-refractivity contribution is 6.12. The van der Waals surface area contributed by atoms with E-state index < -0.39 is 0 Å². The van der Waals surface area contributed by atoms with Gasteiger partial charge in [0.05, 0.1) is 28.4 Å². The van der Waals surface area contributed by atoms with Crippen molar-refractivity contribution in [2.75, 3.05) is 0 Å². The predicted octanol–water partition coefficient (Wildman–Crippen LogP) is 8.78. The van der Waals surface area contributed by atoms with E-state index in [9.17, 15) is 5.26 Å². The molecule has 5 aromatic carbocycles. The molecule has 0 spiro atoms. The number of nitrogens with zero attached hydrogens (tertiary/aromatic N) is 11. The number of rotatable bonds is 6. The third kappa shape index (κ3) is 6.21. The predicted molar refractivity (Wildman–Crippen MR) is 212 cm³/mol. The second-order valence-electron chi connectivity index (χ2n) is 13.2. The van der Waals surface area contributed by atoms with Gasteiger partial charge in [-0.05, 0) is 82.3 Å². The van der Waals surface area contributed by atoms with Gasteiger partial charge in [0.1, 0.15) is 23.3 Å². The molecule has 55 heavy (non-hydrogen) atoms. The van der Waals surface area contributed by atoms with Crippen LogP contribution in [0.1, 0.15) is 28.9 Å². The molecule has 0 aliphatic heterocycles. The van der Waals surface area contributed by atoms with Gasteiger partial charge in [-0.3, -0.25) is 0 Å². The maximum absolute atomic E-state index is 10.2. The molecule has 0 saturated carbocycles. The standard InChI is InChI=1S/C44H31N11/c1-25-46-26(2)49-42(48-25)32-16-19-37-35(22-32)36-23-33(43-50-27(3)47-28(4)51-43)17-20-38(36)55(37)39-21-29(24-45)15-18-34(39)44-53-40(30-11-7-5-8-12-30)52-41(54-44)31-13-9-6-10-14-31/h5-23H,1-4H3. The van der Waals surface area contributed by atoms with Crippen molar-refractivity contribution in [1.29, 1.82) is 5.26 Å². The fourth-order valence-electron chi connectivity index (χ4n) is 6.95. The van der Waals surface area contributed by atoms with Crippen molar-refractivity contribution >= 4 is 21.8 Å². The van der Waals surface area contributed by atoms with E-state index in [0.717, 1.165) is 55.3 Å². The number of aromatic nitrogens is 10. The first-order valence-electron chi connectivity index (χ1n) is 17.7. The maximum Gasteiger partial charge on any atom is 0.166 e. The van der Waals surface area contributed by atoms with Crippen molar-refractivity contribution in [3.05, 3.63) is 144 Å². The highest BCUT2D eigenvalue weighted by Gasteiger charge is 2.22. The smallest absolute Gasteiger partial charge is 0.166 e. The van der Waals surface area contributed by atoms with Gasteiger partial charge in [-0.25, -0.2) is 44.9 Å². The number of aryl methyl sites for hydroxylation is 4. The molecule has 4 aromatic heterocycles. The number of hydrogen-bond donors (Lipinski definition) is 0. The molecule has 11 heteroatoms. The van der Waals surface area contributed by atoms with Crippen LogP contribution in [0.5, 0.6) is 0 Å². The summed E-state index contributed by atoms with van der Waals surface area (Å²) < 4.78 is 2.16. The van der Waals surface area contributed by atoms with Crippen LogP contribution in [0, 0.1) is 39.0 Å². The van der Waals surface area contributed by atoms with Gasteiger partial charge >= 0.3 is 0 Å². The molecule has 11 nitrogen and oxygen atoms in total. The minimum absolute atomic E-state index is 0.475. The van der Waals surface area contributed by atoms with Crippen LogP contribution < -0.4 is 0 Å². The van der Waals surface area contributed by atoms with Gasteiger partial charge in [-0.1, -0.05) is 60.7 Å². The Morgan fingerprint density at radius 3 is 1.31 bits per heavy atom. The fourth-order valence-corrected chi connectivity index (χ4v) is 6.95. The summed E-state index contributed by atoms with van der Waals surface area (Å²) in [6.07, 6.45) is 0. The van der Waals surface area contributed by atoms with Crippen molar-refractivity contribution in [2.24, 2.45) is 0 Å². The summed E-state index contributed by atoms with van der Waals surface area (Å²) in [5.41, 5.74) is 7.19. The van der Waals surface area contributed by atoms with Crippen molar-refractivity contribution in [2.45, 2.75) is 27.7 Å². The van der Waals surface area contributed by atoms with Gasteiger partial charge in [0.15, 0.2) is 29.1 Å². The molecular formula is C44H31N11. The summed E-state index contributed by atoms with van der Waals surface area (Å²) in [4.78, 5) is 42.5. The quantitative estimate of drug-likeness (QED) is 0.164. The zero-order valence-corrected chi connectivity index (χ0v) is 30.4. The highest BCUT2D eigenvalue weighted by Crippen LogP contribution is 2.39. The normalized spacial score (nSPS) is 11.3. The summed E-state index contributed by atoms with van der Waals surface area (Å²) in [5.74, 6) is 5.33. The molecule has 262 valence electrons. The Labute approximate surface area is 316 Å². The lowest BCUT2D eigenvalue weighted by molar-refractivity contribution is 0.928. The van der Waals surface area contributed by atoms with Crippen molar-refractivity contribution in [3.8, 4) is 68.7 Å². The number of hydrogen-bond acceptors (Lipinski definition) is 10. The summed E-state index contributed by atoms with van der Waals surface area (Å²) in [6, 6.07) is 40.1. The molecule has 0 atom stereocenters. The third-order valence-electron chi connectivity index (χ3n) is 9.31. The molecule has 0 aliphatic carbocycles. The van der Waals surface area contributed by atoms with Crippen LogP contribution in [0.4, 0.5) is 0 Å². The first-order chi connectivity index (χ1) is 26.8. The van der Waals surface area contributed by atoms with Gasteiger partial charge in [0.2, 0.25) is 0 Å². The van der Waals surface area contributed by atoms with E-state index in [0.29, 0.717) is 58.0 Å². The monoisotopic (exact) mass is 713 g/mol. The SMILES string of the molecule is Cc1nc(C)nc(-c2ccc3c(c2)c2cc(-c4nc(C)nc(C)n4)ccc2n3-c2cc(C#N)ccc2-c2nc(-c3ccccc3)nc(-c3ccccc3)n2)n1. The van der Waals surface area contributed by atoms with E-state index in [1.165, 1.54) is 0 Å². The first-order valence-corrected chi connectivity index (χ1v) is 17.7. The van der Waals surface area contributed by atoms with Crippen LogP contribution in [0.2, 0.25) is 0 Å². The lowest BCUT2D eigenvalue weighted by Crippen LogP contribution is -2.04. The average molecular weight is 714 g/mol. The molecule has 0 amide bonds. The first kappa shape index (κ1) is 33.3. The van der Waals surface area contributed by atoms with E-state index >= 15 is 0 Å². The van der Waals surface area contributed by atoms with Crippen LogP contribution in [0.15, 0.2) is 115 Å². The molecule has 0 unspecified atom stereocenters. The molecule has 0 N–H and O–H groups in total. The van der Waals surface area contributed by atoms with Gasteiger partial charge < -0.3 is 4.57 Å². The largest absolute Gasteiger partial charge is 0.308 e. The molecule has 4 heterocycles. The number of nitriles is 1. The Balaban J connectivity index is 1.34. The number of benzene rings is 5. The Bertz CT molecular complexity index is 2780. The van der Waals surface area contributed by atoms with Gasteiger partial charge in [0, 0.05) is 38.6 Å². The summed E-state index contributed by atoms with van der Waals surface area (Å²) >= 11 is 0. The van der Waals surface area contributed by atoms with Crippen LogP contribution in [-0.2, 0) is 0 Å². The topological polar surface area (TPSA) is 145 Å². The molecule has 0 bridgehead atoms. The van der Waals surface area contributed by atoms with E-state index in [1.807, 2.05) is 113 Å². The average Bonchev–Trinajstić information content (AvgIpc) is 3.53. The Kier molecular flexibility index (Phi) is 8.13. The summed E-state index contributed by atoms with van der Waals surface area (Å²) in [7, 11) is 0.